The first-order valence-corrected chi connectivity index (χ1v) is 8.93. The summed E-state index contributed by atoms with van der Waals surface area (Å²) in [5.41, 5.74) is 1.43. The van der Waals surface area contributed by atoms with E-state index in [-0.39, 0.29) is 17.8 Å². The highest BCUT2D eigenvalue weighted by Crippen LogP contribution is 2.17. The number of rotatable bonds is 7. The molecule has 3 rings (SSSR count). The third-order valence-corrected chi connectivity index (χ3v) is 4.50. The van der Waals surface area contributed by atoms with Gasteiger partial charge in [0.05, 0.1) is 18.4 Å². The van der Waals surface area contributed by atoms with Crippen LogP contribution in [0, 0.1) is 0 Å². The number of ether oxygens (including phenoxy) is 1. The molecule has 0 radical (unpaired) electrons. The molecule has 0 aliphatic carbocycles. The molecule has 2 N–H and O–H groups in total. The lowest BCUT2D eigenvalue weighted by molar-refractivity contribution is -0.122. The molecule has 1 fully saturated rings. The van der Waals surface area contributed by atoms with Gasteiger partial charge in [0.1, 0.15) is 11.4 Å². The van der Waals surface area contributed by atoms with Crippen LogP contribution in [0.25, 0.3) is 11.8 Å². The molecule has 0 spiro atoms. The SMILES string of the molecule is C=CCCN1C(=O)N/C(=C\c2c(CC)[nH]n(-c3ccc(OC)cc3)c2=O)C1=O. The van der Waals surface area contributed by atoms with Gasteiger partial charge in [-0.05, 0) is 43.2 Å². The summed E-state index contributed by atoms with van der Waals surface area (Å²) in [5, 5.41) is 5.61. The van der Waals surface area contributed by atoms with Crippen LogP contribution in [0.4, 0.5) is 4.79 Å². The van der Waals surface area contributed by atoms with Crippen LogP contribution in [-0.2, 0) is 11.2 Å². The van der Waals surface area contributed by atoms with Gasteiger partial charge >= 0.3 is 6.03 Å². The summed E-state index contributed by atoms with van der Waals surface area (Å²) in [6.45, 7) is 5.74. The Bertz CT molecular complexity index is 998. The molecule has 1 aliphatic rings. The van der Waals surface area contributed by atoms with E-state index in [9.17, 15) is 14.4 Å². The summed E-state index contributed by atoms with van der Waals surface area (Å²) in [6, 6.07) is 6.52. The van der Waals surface area contributed by atoms with Crippen LogP contribution >= 0.6 is 0 Å². The summed E-state index contributed by atoms with van der Waals surface area (Å²) in [4.78, 5) is 38.6. The van der Waals surface area contributed by atoms with Crippen molar-refractivity contribution in [3.63, 3.8) is 0 Å². The van der Waals surface area contributed by atoms with E-state index in [0.717, 1.165) is 4.90 Å². The number of H-pyrrole nitrogens is 1. The zero-order valence-electron chi connectivity index (χ0n) is 15.8. The maximum absolute atomic E-state index is 12.9. The van der Waals surface area contributed by atoms with E-state index in [0.29, 0.717) is 35.5 Å². The number of imide groups is 1. The molecule has 2 heterocycles. The van der Waals surface area contributed by atoms with E-state index in [1.165, 1.54) is 10.8 Å². The standard InChI is InChI=1S/C20H22N4O4/c1-4-6-11-23-19(26)17(21-20(23)27)12-15-16(5-2)22-24(18(15)25)13-7-9-14(28-3)10-8-13/h4,7-10,12,22H,1,5-6,11H2,2-3H3,(H,21,27)/b17-12-. The van der Waals surface area contributed by atoms with E-state index in [2.05, 4.69) is 17.0 Å². The molecule has 3 amide bonds. The predicted octanol–water partition coefficient (Wildman–Crippen LogP) is 2.21. The van der Waals surface area contributed by atoms with Gasteiger partial charge in [-0.3, -0.25) is 19.6 Å². The summed E-state index contributed by atoms with van der Waals surface area (Å²) in [6.07, 6.45) is 4.13. The minimum absolute atomic E-state index is 0.0849. The van der Waals surface area contributed by atoms with Crippen LogP contribution in [0.2, 0.25) is 0 Å². The Hall–Kier alpha value is -3.55. The molecule has 1 saturated heterocycles. The highest BCUT2D eigenvalue weighted by molar-refractivity contribution is 6.14. The Morgan fingerprint density at radius 1 is 1.18 bits per heavy atom. The molecule has 8 heteroatoms. The number of hydrogen-bond acceptors (Lipinski definition) is 4. The van der Waals surface area contributed by atoms with Crippen molar-refractivity contribution in [2.24, 2.45) is 0 Å². The van der Waals surface area contributed by atoms with Crippen LogP contribution in [0.5, 0.6) is 5.75 Å². The monoisotopic (exact) mass is 382 g/mol. The van der Waals surface area contributed by atoms with Gasteiger partial charge in [0, 0.05) is 12.2 Å². The molecule has 8 nitrogen and oxygen atoms in total. The van der Waals surface area contributed by atoms with Gasteiger partial charge in [-0.2, -0.15) is 0 Å². The zero-order valence-corrected chi connectivity index (χ0v) is 15.8. The zero-order chi connectivity index (χ0) is 20.3. The van der Waals surface area contributed by atoms with Crippen LogP contribution in [0.15, 0.2) is 47.4 Å². The summed E-state index contributed by atoms with van der Waals surface area (Å²) in [5.74, 6) is 0.228. The normalized spacial score (nSPS) is 15.2. The van der Waals surface area contributed by atoms with Crippen molar-refractivity contribution in [1.82, 2.24) is 20.0 Å². The van der Waals surface area contributed by atoms with Crippen molar-refractivity contribution >= 4 is 18.0 Å². The Morgan fingerprint density at radius 2 is 1.89 bits per heavy atom. The van der Waals surface area contributed by atoms with Crippen molar-refractivity contribution < 1.29 is 14.3 Å². The average molecular weight is 382 g/mol. The minimum Gasteiger partial charge on any atom is -0.497 e. The summed E-state index contributed by atoms with van der Waals surface area (Å²) in [7, 11) is 1.57. The van der Waals surface area contributed by atoms with Crippen molar-refractivity contribution in [2.45, 2.75) is 19.8 Å². The Balaban J connectivity index is 1.98. The number of urea groups is 1. The molecular formula is C20H22N4O4. The first kappa shape index (κ1) is 19.2. The number of carbonyl (C=O) groups excluding carboxylic acids is 2. The van der Waals surface area contributed by atoms with Gasteiger partial charge < -0.3 is 10.1 Å². The lowest BCUT2D eigenvalue weighted by atomic mass is 10.1. The molecule has 0 saturated carbocycles. The molecular weight excluding hydrogens is 360 g/mol. The highest BCUT2D eigenvalue weighted by Gasteiger charge is 2.33. The number of nitrogens with zero attached hydrogens (tertiary/aromatic N) is 2. The van der Waals surface area contributed by atoms with E-state index in [4.69, 9.17) is 4.74 Å². The van der Waals surface area contributed by atoms with Gasteiger partial charge in [-0.1, -0.05) is 13.0 Å². The van der Waals surface area contributed by atoms with E-state index in [1.54, 1.807) is 37.5 Å². The van der Waals surface area contributed by atoms with E-state index in [1.807, 2.05) is 6.92 Å². The average Bonchev–Trinajstić information content (AvgIpc) is 3.16. The van der Waals surface area contributed by atoms with Crippen molar-refractivity contribution in [3.8, 4) is 11.4 Å². The van der Waals surface area contributed by atoms with Crippen molar-refractivity contribution in [3.05, 3.63) is 64.2 Å². The molecule has 146 valence electrons. The van der Waals surface area contributed by atoms with Gasteiger partial charge in [0.15, 0.2) is 0 Å². The third kappa shape index (κ3) is 3.48. The van der Waals surface area contributed by atoms with Gasteiger partial charge in [0.2, 0.25) is 0 Å². The van der Waals surface area contributed by atoms with Gasteiger partial charge in [0.25, 0.3) is 11.5 Å². The van der Waals surface area contributed by atoms with Crippen molar-refractivity contribution in [2.75, 3.05) is 13.7 Å². The van der Waals surface area contributed by atoms with Crippen LogP contribution in [-0.4, -0.2) is 40.3 Å². The van der Waals surface area contributed by atoms with Crippen LogP contribution in [0.3, 0.4) is 0 Å². The second-order valence-electron chi connectivity index (χ2n) is 6.22. The first-order chi connectivity index (χ1) is 13.5. The summed E-state index contributed by atoms with van der Waals surface area (Å²) >= 11 is 0. The topological polar surface area (TPSA) is 96.4 Å². The molecule has 1 aromatic heterocycles. The number of carbonyl (C=O) groups is 2. The minimum atomic E-state index is -0.498. The van der Waals surface area contributed by atoms with Crippen molar-refractivity contribution in [1.29, 1.82) is 0 Å². The van der Waals surface area contributed by atoms with Crippen LogP contribution < -0.4 is 15.6 Å². The highest BCUT2D eigenvalue weighted by atomic mass is 16.5. The second kappa shape index (κ2) is 7.99. The Morgan fingerprint density at radius 3 is 2.50 bits per heavy atom. The number of aryl methyl sites for hydroxylation is 1. The molecule has 1 aromatic carbocycles. The van der Waals surface area contributed by atoms with Gasteiger partial charge in [-0.25, -0.2) is 9.48 Å². The van der Waals surface area contributed by atoms with E-state index >= 15 is 0 Å². The second-order valence-corrected chi connectivity index (χ2v) is 6.22. The lowest BCUT2D eigenvalue weighted by Crippen LogP contribution is -2.31. The van der Waals surface area contributed by atoms with Gasteiger partial charge in [-0.15, -0.1) is 6.58 Å². The number of hydrogen-bond donors (Lipinski definition) is 2. The number of aromatic nitrogens is 2. The maximum atomic E-state index is 12.9. The fourth-order valence-electron chi connectivity index (χ4n) is 2.97. The fraction of sp³-hybridized carbons (Fsp3) is 0.250. The molecule has 28 heavy (non-hydrogen) atoms. The summed E-state index contributed by atoms with van der Waals surface area (Å²) < 4.78 is 6.54. The molecule has 2 aromatic rings. The third-order valence-electron chi connectivity index (χ3n) is 4.50. The first-order valence-electron chi connectivity index (χ1n) is 8.93. The molecule has 0 atom stereocenters. The number of benzene rings is 1. The maximum Gasteiger partial charge on any atom is 0.329 e. The number of amides is 3. The largest absolute Gasteiger partial charge is 0.497 e. The molecule has 0 bridgehead atoms. The quantitative estimate of drug-likeness (QED) is 0.436. The Kier molecular flexibility index (Phi) is 5.49. The van der Waals surface area contributed by atoms with E-state index < -0.39 is 11.9 Å². The Labute approximate surface area is 162 Å². The fourth-order valence-corrected chi connectivity index (χ4v) is 2.97. The molecule has 0 unspecified atom stereocenters. The lowest BCUT2D eigenvalue weighted by Gasteiger charge is -2.08. The predicted molar refractivity (Wildman–Crippen MR) is 105 cm³/mol. The molecule has 1 aliphatic heterocycles. The number of aromatic amines is 1. The number of methoxy groups -OCH3 is 1. The van der Waals surface area contributed by atoms with Crippen LogP contribution in [0.1, 0.15) is 24.6 Å². The number of nitrogens with one attached hydrogen (secondary N) is 2. The smallest absolute Gasteiger partial charge is 0.329 e.